The van der Waals surface area contributed by atoms with Crippen LogP contribution in [0.25, 0.3) is 0 Å². The molecule has 2 rings (SSSR count). The molecule has 0 saturated heterocycles. The largest absolute Gasteiger partial charge is 0.355 e. The number of hydrogen-bond acceptors (Lipinski definition) is 2. The molecule has 1 aliphatic carbocycles. The van der Waals surface area contributed by atoms with Gasteiger partial charge in [-0.25, -0.2) is 0 Å². The molecule has 1 atom stereocenters. The van der Waals surface area contributed by atoms with Crippen LogP contribution in [0.15, 0.2) is 24.3 Å². The first-order valence-electron chi connectivity index (χ1n) is 6.83. The molecule has 1 aliphatic rings. The number of benzene rings is 1. The van der Waals surface area contributed by atoms with Crippen LogP contribution >= 0.6 is 0 Å². The Labute approximate surface area is 109 Å². The summed E-state index contributed by atoms with van der Waals surface area (Å²) in [7, 11) is 0. The normalized spacial score (nSPS) is 18.8. The number of nitrogens with one attached hydrogen (secondary N) is 2. The van der Waals surface area contributed by atoms with Gasteiger partial charge >= 0.3 is 0 Å². The summed E-state index contributed by atoms with van der Waals surface area (Å²) in [5, 5.41) is 6.38. The van der Waals surface area contributed by atoms with Gasteiger partial charge in [0.25, 0.3) is 0 Å². The van der Waals surface area contributed by atoms with Crippen LogP contribution in [0.5, 0.6) is 0 Å². The maximum absolute atomic E-state index is 10.8. The third-order valence-corrected chi connectivity index (χ3v) is 3.51. The van der Waals surface area contributed by atoms with E-state index in [0.717, 1.165) is 6.54 Å². The molecule has 0 fully saturated rings. The van der Waals surface area contributed by atoms with E-state index in [1.54, 1.807) is 6.92 Å². The Morgan fingerprint density at radius 2 is 2.11 bits per heavy atom. The molecule has 1 aromatic rings. The molecule has 98 valence electrons. The summed E-state index contributed by atoms with van der Waals surface area (Å²) in [6.07, 6.45) is 4.94. The SMILES string of the molecule is CC(=O)NCCNC1CCCCc2ccccc21. The lowest BCUT2D eigenvalue weighted by atomic mass is 9.99. The van der Waals surface area contributed by atoms with Gasteiger partial charge in [-0.2, -0.15) is 0 Å². The first-order chi connectivity index (χ1) is 8.77. The fourth-order valence-electron chi connectivity index (χ4n) is 2.62. The molecule has 0 aliphatic heterocycles. The first kappa shape index (κ1) is 13.1. The zero-order chi connectivity index (χ0) is 12.8. The van der Waals surface area contributed by atoms with E-state index in [1.165, 1.54) is 36.8 Å². The predicted octanol–water partition coefficient (Wildman–Crippen LogP) is 2.18. The quantitative estimate of drug-likeness (QED) is 0.631. The summed E-state index contributed by atoms with van der Waals surface area (Å²) < 4.78 is 0. The van der Waals surface area contributed by atoms with Crippen LogP contribution in [0, 0.1) is 0 Å². The summed E-state index contributed by atoms with van der Waals surface area (Å²) in [5.41, 5.74) is 2.92. The molecule has 1 unspecified atom stereocenters. The van der Waals surface area contributed by atoms with E-state index in [9.17, 15) is 4.79 Å². The molecule has 0 bridgehead atoms. The fourth-order valence-corrected chi connectivity index (χ4v) is 2.62. The van der Waals surface area contributed by atoms with Crippen LogP contribution in [0.1, 0.15) is 43.4 Å². The van der Waals surface area contributed by atoms with Crippen LogP contribution < -0.4 is 10.6 Å². The fraction of sp³-hybridized carbons (Fsp3) is 0.533. The minimum Gasteiger partial charge on any atom is -0.355 e. The van der Waals surface area contributed by atoms with E-state index in [2.05, 4.69) is 34.9 Å². The van der Waals surface area contributed by atoms with Gasteiger partial charge in [-0.15, -0.1) is 0 Å². The third kappa shape index (κ3) is 3.57. The van der Waals surface area contributed by atoms with Crippen molar-refractivity contribution in [2.75, 3.05) is 13.1 Å². The average Bonchev–Trinajstić information content (AvgIpc) is 2.57. The van der Waals surface area contributed by atoms with E-state index in [-0.39, 0.29) is 5.91 Å². The molecule has 3 heteroatoms. The minimum atomic E-state index is 0.0399. The zero-order valence-corrected chi connectivity index (χ0v) is 11.0. The summed E-state index contributed by atoms with van der Waals surface area (Å²) >= 11 is 0. The highest BCUT2D eigenvalue weighted by Crippen LogP contribution is 2.28. The summed E-state index contributed by atoms with van der Waals surface area (Å²) in [6.45, 7) is 3.09. The molecule has 0 radical (unpaired) electrons. The summed E-state index contributed by atoms with van der Waals surface area (Å²) in [6, 6.07) is 9.16. The van der Waals surface area contributed by atoms with Gasteiger partial charge in [0, 0.05) is 26.1 Å². The Morgan fingerprint density at radius 3 is 2.94 bits per heavy atom. The van der Waals surface area contributed by atoms with Crippen molar-refractivity contribution >= 4 is 5.91 Å². The van der Waals surface area contributed by atoms with Gasteiger partial charge in [0.15, 0.2) is 0 Å². The lowest BCUT2D eigenvalue weighted by molar-refractivity contribution is -0.118. The molecule has 0 spiro atoms. The van der Waals surface area contributed by atoms with Crippen LogP contribution in [0.3, 0.4) is 0 Å². The smallest absolute Gasteiger partial charge is 0.216 e. The lowest BCUT2D eigenvalue weighted by Gasteiger charge is -2.19. The maximum atomic E-state index is 10.8. The standard InChI is InChI=1S/C15H22N2O/c1-12(18)16-10-11-17-15-9-5-3-7-13-6-2-4-8-14(13)15/h2,4,6,8,15,17H,3,5,7,9-11H2,1H3,(H,16,18). The van der Waals surface area contributed by atoms with Crippen LogP contribution in [-0.2, 0) is 11.2 Å². The minimum absolute atomic E-state index is 0.0399. The second-order valence-electron chi connectivity index (χ2n) is 4.93. The van der Waals surface area contributed by atoms with Crippen molar-refractivity contribution in [1.82, 2.24) is 10.6 Å². The van der Waals surface area contributed by atoms with Crippen molar-refractivity contribution in [3.05, 3.63) is 35.4 Å². The van der Waals surface area contributed by atoms with Crippen LogP contribution in [0.2, 0.25) is 0 Å². The third-order valence-electron chi connectivity index (χ3n) is 3.51. The van der Waals surface area contributed by atoms with Gasteiger partial charge in [0.1, 0.15) is 0 Å². The number of aryl methyl sites for hydroxylation is 1. The lowest BCUT2D eigenvalue weighted by Crippen LogP contribution is -2.32. The molecule has 3 nitrogen and oxygen atoms in total. The molecule has 1 aromatic carbocycles. The van der Waals surface area contributed by atoms with E-state index in [4.69, 9.17) is 0 Å². The number of amides is 1. The maximum Gasteiger partial charge on any atom is 0.216 e. The van der Waals surface area contributed by atoms with Crippen molar-refractivity contribution in [3.63, 3.8) is 0 Å². The first-order valence-corrected chi connectivity index (χ1v) is 6.83. The number of carbonyl (C=O) groups excluding carboxylic acids is 1. The van der Waals surface area contributed by atoms with E-state index >= 15 is 0 Å². The van der Waals surface area contributed by atoms with Crippen LogP contribution in [0.4, 0.5) is 0 Å². The topological polar surface area (TPSA) is 41.1 Å². The van der Waals surface area contributed by atoms with E-state index in [0.29, 0.717) is 12.6 Å². The summed E-state index contributed by atoms with van der Waals surface area (Å²) in [4.78, 5) is 10.8. The molecule has 2 N–H and O–H groups in total. The van der Waals surface area contributed by atoms with Crippen molar-refractivity contribution < 1.29 is 4.79 Å². The molecule has 1 amide bonds. The molecular weight excluding hydrogens is 224 g/mol. The second-order valence-corrected chi connectivity index (χ2v) is 4.93. The van der Waals surface area contributed by atoms with Gasteiger partial charge in [-0.05, 0) is 30.4 Å². The predicted molar refractivity (Wildman–Crippen MR) is 73.4 cm³/mol. The highest BCUT2D eigenvalue weighted by Gasteiger charge is 2.17. The molecule has 0 heterocycles. The van der Waals surface area contributed by atoms with Gasteiger partial charge in [0.2, 0.25) is 5.91 Å². The van der Waals surface area contributed by atoms with E-state index < -0.39 is 0 Å². The van der Waals surface area contributed by atoms with Crippen LogP contribution in [-0.4, -0.2) is 19.0 Å². The van der Waals surface area contributed by atoms with Gasteiger partial charge in [-0.3, -0.25) is 4.79 Å². The Balaban J connectivity index is 1.93. The molecule has 18 heavy (non-hydrogen) atoms. The van der Waals surface area contributed by atoms with Crippen molar-refractivity contribution in [3.8, 4) is 0 Å². The number of rotatable bonds is 4. The highest BCUT2D eigenvalue weighted by atomic mass is 16.1. The number of fused-ring (bicyclic) bond motifs is 1. The van der Waals surface area contributed by atoms with Gasteiger partial charge in [0.05, 0.1) is 0 Å². The zero-order valence-electron chi connectivity index (χ0n) is 11.0. The number of carbonyl (C=O) groups is 1. The second kappa shape index (κ2) is 6.55. The molecule has 0 saturated carbocycles. The monoisotopic (exact) mass is 246 g/mol. The Bertz CT molecular complexity index is 403. The molecular formula is C15H22N2O. The highest BCUT2D eigenvalue weighted by molar-refractivity contribution is 5.72. The Hall–Kier alpha value is -1.35. The Morgan fingerprint density at radius 1 is 1.28 bits per heavy atom. The van der Waals surface area contributed by atoms with Gasteiger partial charge in [-0.1, -0.05) is 30.7 Å². The van der Waals surface area contributed by atoms with Crippen molar-refractivity contribution in [2.45, 2.75) is 38.6 Å². The summed E-state index contributed by atoms with van der Waals surface area (Å²) in [5.74, 6) is 0.0399. The average molecular weight is 246 g/mol. The van der Waals surface area contributed by atoms with E-state index in [1.807, 2.05) is 0 Å². The number of hydrogen-bond donors (Lipinski definition) is 2. The van der Waals surface area contributed by atoms with Gasteiger partial charge < -0.3 is 10.6 Å². The van der Waals surface area contributed by atoms with Crippen molar-refractivity contribution in [2.24, 2.45) is 0 Å². The van der Waals surface area contributed by atoms with Crippen molar-refractivity contribution in [1.29, 1.82) is 0 Å². The molecule has 0 aromatic heterocycles. The Kier molecular flexibility index (Phi) is 4.76.